The van der Waals surface area contributed by atoms with Crippen LogP contribution in [0.25, 0.3) is 5.57 Å². The third-order valence-electron chi connectivity index (χ3n) is 6.87. The molecule has 0 fully saturated rings. The first kappa shape index (κ1) is 27.9. The fourth-order valence-corrected chi connectivity index (χ4v) is 4.92. The average Bonchev–Trinajstić information content (AvgIpc) is 3.33. The van der Waals surface area contributed by atoms with E-state index in [1.807, 2.05) is 13.1 Å². The molecule has 1 aliphatic heterocycles. The lowest BCUT2D eigenvalue weighted by Crippen LogP contribution is -2.40. The van der Waals surface area contributed by atoms with Crippen LogP contribution in [0, 0.1) is 5.82 Å². The molecule has 39 heavy (non-hydrogen) atoms. The number of nitrogens with two attached hydrogens (primary N) is 1. The van der Waals surface area contributed by atoms with Crippen LogP contribution < -0.4 is 16.4 Å². The Balaban J connectivity index is 1.39. The maximum atomic E-state index is 13.2. The molecule has 0 bridgehead atoms. The smallest absolute Gasteiger partial charge is 0.251 e. The molecule has 9 heteroatoms. The fraction of sp³-hybridized carbons (Fsp3) is 0.333. The van der Waals surface area contributed by atoms with Gasteiger partial charge in [-0.15, -0.1) is 0 Å². The SMILES string of the molecule is C=C(C=NC)c1cc(C(=O)N[C@H](C)C[C@H](CCC)N2Cc3cnc(Nc4ccc(F)cc4)nc3C2)ccc1N. The minimum atomic E-state index is -0.287. The summed E-state index contributed by atoms with van der Waals surface area (Å²) in [7, 11) is 1.67. The lowest BCUT2D eigenvalue weighted by molar-refractivity contribution is 0.0923. The lowest BCUT2D eigenvalue weighted by atomic mass is 10.0. The standard InChI is InChI=1S/C30H36FN7O/c1-5-6-25(13-20(3)35-29(39)21-7-12-27(32)26(14-21)19(2)15-33-4)38-17-22-16-34-30(37-28(22)18-38)36-24-10-8-23(31)9-11-24/h7-12,14-16,20,25H,2,5-6,13,17-18,32H2,1,3-4H3,(H,35,39)(H,34,36,37)/t20-,25+/m1/s1. The molecule has 1 aliphatic rings. The number of carbonyl (C=O) groups is 1. The largest absolute Gasteiger partial charge is 0.398 e. The van der Waals surface area contributed by atoms with Crippen LogP contribution in [0.2, 0.25) is 0 Å². The van der Waals surface area contributed by atoms with Crippen LogP contribution in [0.3, 0.4) is 0 Å². The Bertz CT molecular complexity index is 1360. The van der Waals surface area contributed by atoms with Gasteiger partial charge in [-0.25, -0.2) is 14.4 Å². The van der Waals surface area contributed by atoms with E-state index in [-0.39, 0.29) is 23.8 Å². The summed E-state index contributed by atoms with van der Waals surface area (Å²) in [5.74, 6) is 0.0578. The second kappa shape index (κ2) is 12.6. The summed E-state index contributed by atoms with van der Waals surface area (Å²) in [6.07, 6.45) is 6.33. The Labute approximate surface area is 229 Å². The van der Waals surface area contributed by atoms with E-state index >= 15 is 0 Å². The zero-order valence-electron chi connectivity index (χ0n) is 22.7. The number of nitrogens with zero attached hydrogens (tertiary/aromatic N) is 4. The molecule has 0 saturated carbocycles. The van der Waals surface area contributed by atoms with Crippen molar-refractivity contribution in [2.75, 3.05) is 18.1 Å². The van der Waals surface area contributed by atoms with E-state index in [4.69, 9.17) is 10.7 Å². The molecule has 8 nitrogen and oxygen atoms in total. The fourth-order valence-electron chi connectivity index (χ4n) is 4.92. The molecular weight excluding hydrogens is 493 g/mol. The summed E-state index contributed by atoms with van der Waals surface area (Å²) in [5.41, 5.74) is 11.4. The zero-order chi connectivity index (χ0) is 27.9. The van der Waals surface area contributed by atoms with Gasteiger partial charge in [0.2, 0.25) is 5.95 Å². The molecule has 204 valence electrons. The summed E-state index contributed by atoms with van der Waals surface area (Å²) in [5, 5.41) is 6.30. The first-order valence-corrected chi connectivity index (χ1v) is 13.2. The van der Waals surface area contributed by atoms with Crippen molar-refractivity contribution < 1.29 is 9.18 Å². The molecule has 3 aromatic rings. The molecule has 0 unspecified atom stereocenters. The number of aromatic nitrogens is 2. The molecule has 4 N–H and O–H groups in total. The van der Waals surface area contributed by atoms with Crippen LogP contribution in [0.1, 0.15) is 60.3 Å². The summed E-state index contributed by atoms with van der Waals surface area (Å²) in [4.78, 5) is 28.6. The van der Waals surface area contributed by atoms with E-state index in [2.05, 4.69) is 39.0 Å². The Morgan fingerprint density at radius 3 is 2.74 bits per heavy atom. The van der Waals surface area contributed by atoms with Gasteiger partial charge in [-0.1, -0.05) is 19.9 Å². The van der Waals surface area contributed by atoms with Crippen LogP contribution in [0.4, 0.5) is 21.7 Å². The highest BCUT2D eigenvalue weighted by atomic mass is 19.1. The number of hydrogen-bond donors (Lipinski definition) is 3. The van der Waals surface area contributed by atoms with E-state index in [0.29, 0.717) is 34.9 Å². The molecule has 0 saturated heterocycles. The first-order chi connectivity index (χ1) is 18.8. The van der Waals surface area contributed by atoms with Crippen molar-refractivity contribution >= 4 is 35.0 Å². The molecular formula is C30H36FN7O. The molecule has 2 heterocycles. The molecule has 0 radical (unpaired) electrons. The predicted molar refractivity (Wildman–Crippen MR) is 156 cm³/mol. The predicted octanol–water partition coefficient (Wildman–Crippen LogP) is 5.35. The van der Waals surface area contributed by atoms with Gasteiger partial charge in [0.25, 0.3) is 5.91 Å². The number of anilines is 3. The number of amides is 1. The average molecular weight is 530 g/mol. The van der Waals surface area contributed by atoms with Crippen molar-refractivity contribution in [1.29, 1.82) is 0 Å². The van der Waals surface area contributed by atoms with Gasteiger partial charge in [0.1, 0.15) is 5.82 Å². The van der Waals surface area contributed by atoms with Gasteiger partial charge in [-0.05, 0) is 67.8 Å². The first-order valence-electron chi connectivity index (χ1n) is 13.2. The number of benzene rings is 2. The zero-order valence-corrected chi connectivity index (χ0v) is 22.7. The van der Waals surface area contributed by atoms with E-state index in [1.54, 1.807) is 43.6 Å². The summed E-state index contributed by atoms with van der Waals surface area (Å²) >= 11 is 0. The minimum absolute atomic E-state index is 0.0408. The van der Waals surface area contributed by atoms with Gasteiger partial charge in [0.15, 0.2) is 0 Å². The van der Waals surface area contributed by atoms with Crippen LogP contribution in [-0.2, 0) is 13.1 Å². The van der Waals surface area contributed by atoms with E-state index in [9.17, 15) is 9.18 Å². The van der Waals surface area contributed by atoms with Gasteiger partial charge in [-0.2, -0.15) is 0 Å². The number of halogens is 1. The maximum absolute atomic E-state index is 13.2. The quantitative estimate of drug-likeness (QED) is 0.228. The van der Waals surface area contributed by atoms with Crippen molar-refractivity contribution in [2.45, 2.75) is 58.3 Å². The third kappa shape index (κ3) is 7.06. The van der Waals surface area contributed by atoms with Crippen molar-refractivity contribution in [3.63, 3.8) is 0 Å². The summed E-state index contributed by atoms with van der Waals surface area (Å²) in [6.45, 7) is 9.68. The second-order valence-electron chi connectivity index (χ2n) is 9.97. The van der Waals surface area contributed by atoms with Gasteiger partial charge < -0.3 is 16.4 Å². The van der Waals surface area contributed by atoms with E-state index in [1.165, 1.54) is 12.1 Å². The van der Waals surface area contributed by atoms with Gasteiger partial charge in [0.05, 0.1) is 5.69 Å². The molecule has 2 atom stereocenters. The highest BCUT2D eigenvalue weighted by molar-refractivity contribution is 6.11. The van der Waals surface area contributed by atoms with Crippen LogP contribution in [0.5, 0.6) is 0 Å². The number of nitrogens with one attached hydrogen (secondary N) is 2. The van der Waals surface area contributed by atoms with Crippen molar-refractivity contribution in [3.05, 3.63) is 83.4 Å². The molecule has 0 aliphatic carbocycles. The molecule has 4 rings (SSSR count). The topological polar surface area (TPSA) is 109 Å². The Morgan fingerprint density at radius 1 is 1.26 bits per heavy atom. The minimum Gasteiger partial charge on any atom is -0.398 e. The molecule has 1 amide bonds. The highest BCUT2D eigenvalue weighted by Crippen LogP contribution is 2.28. The van der Waals surface area contributed by atoms with Crippen molar-refractivity contribution in [2.24, 2.45) is 4.99 Å². The molecule has 2 aromatic carbocycles. The number of nitrogen functional groups attached to an aromatic ring is 1. The normalized spacial score (nSPS) is 14.7. The Morgan fingerprint density at radius 2 is 2.03 bits per heavy atom. The number of aliphatic imine (C=N–C) groups is 1. The van der Waals surface area contributed by atoms with Gasteiger partial charge in [-0.3, -0.25) is 14.7 Å². The van der Waals surface area contributed by atoms with E-state index < -0.39 is 0 Å². The Kier molecular flexibility index (Phi) is 9.03. The number of allylic oxidation sites excluding steroid dienone is 1. The number of hydrogen-bond acceptors (Lipinski definition) is 7. The van der Waals surface area contributed by atoms with Crippen LogP contribution in [-0.4, -0.2) is 46.1 Å². The Hall–Kier alpha value is -4.11. The van der Waals surface area contributed by atoms with Crippen molar-refractivity contribution in [1.82, 2.24) is 20.2 Å². The van der Waals surface area contributed by atoms with Crippen molar-refractivity contribution in [3.8, 4) is 0 Å². The second-order valence-corrected chi connectivity index (χ2v) is 9.97. The summed E-state index contributed by atoms with van der Waals surface area (Å²) < 4.78 is 13.2. The molecule has 0 spiro atoms. The maximum Gasteiger partial charge on any atom is 0.251 e. The lowest BCUT2D eigenvalue weighted by Gasteiger charge is -2.30. The van der Waals surface area contributed by atoms with E-state index in [0.717, 1.165) is 42.8 Å². The van der Waals surface area contributed by atoms with Gasteiger partial charge in [0, 0.05) is 72.7 Å². The van der Waals surface area contributed by atoms with Crippen LogP contribution in [0.15, 0.2) is 60.2 Å². The number of rotatable bonds is 11. The van der Waals surface area contributed by atoms with Gasteiger partial charge >= 0.3 is 0 Å². The van der Waals surface area contributed by atoms with Crippen LogP contribution >= 0.6 is 0 Å². The highest BCUT2D eigenvalue weighted by Gasteiger charge is 2.28. The molecule has 1 aromatic heterocycles. The number of carbonyl (C=O) groups excluding carboxylic acids is 1. The summed E-state index contributed by atoms with van der Waals surface area (Å²) in [6, 6.07) is 11.6. The third-order valence-corrected chi connectivity index (χ3v) is 6.87. The number of fused-ring (bicyclic) bond motifs is 1. The monoisotopic (exact) mass is 529 g/mol.